The molecular formula is C27H22BrN5O5S. The van der Waals surface area contributed by atoms with E-state index in [1.54, 1.807) is 30.5 Å². The van der Waals surface area contributed by atoms with Gasteiger partial charge in [-0.2, -0.15) is 9.78 Å². The highest BCUT2D eigenvalue weighted by Crippen LogP contribution is 2.33. The molecule has 5 aromatic rings. The largest absolute Gasteiger partial charge is 0.444 e. The number of nitrogens with zero attached hydrogens (tertiary/aromatic N) is 5. The van der Waals surface area contributed by atoms with Crippen molar-refractivity contribution in [1.29, 1.82) is 0 Å². The van der Waals surface area contributed by atoms with Crippen LogP contribution >= 0.6 is 15.9 Å². The number of β-amino-alcohol motifs (C(OH)–C–C–N with tert-alkyl or cyclic N) is 1. The molecule has 39 heavy (non-hydrogen) atoms. The molecule has 12 heteroatoms. The molecule has 1 aliphatic rings. The molecule has 6 rings (SSSR count). The summed E-state index contributed by atoms with van der Waals surface area (Å²) in [4.78, 5) is 24.0. The van der Waals surface area contributed by atoms with E-state index in [9.17, 15) is 18.3 Å². The minimum atomic E-state index is -3.74. The third-order valence-corrected chi connectivity index (χ3v) is 8.25. The van der Waals surface area contributed by atoms with E-state index in [1.807, 2.05) is 23.1 Å². The highest BCUT2D eigenvalue weighted by atomic mass is 79.9. The summed E-state index contributed by atoms with van der Waals surface area (Å²) in [5, 5.41) is 15.3. The van der Waals surface area contributed by atoms with Crippen LogP contribution in [0.25, 0.3) is 39.2 Å². The third-order valence-electron chi connectivity index (χ3n) is 6.64. The lowest BCUT2D eigenvalue weighted by Crippen LogP contribution is -2.26. The molecule has 3 aromatic heterocycles. The van der Waals surface area contributed by atoms with Crippen LogP contribution in [0.5, 0.6) is 0 Å². The molecule has 0 spiro atoms. The van der Waals surface area contributed by atoms with Crippen molar-refractivity contribution < 1.29 is 17.9 Å². The SMILES string of the molecule is CS(=O)(=O)c1ccc(N2CCC(O)C2)cc1-n1nc(-c2cc(Br)cc(-c3cnco3)c2)c2cccnc2c1=O. The monoisotopic (exact) mass is 607 g/mol. The van der Waals surface area contributed by atoms with Gasteiger partial charge in [-0.3, -0.25) is 9.78 Å². The van der Waals surface area contributed by atoms with Crippen LogP contribution in [0.2, 0.25) is 0 Å². The van der Waals surface area contributed by atoms with E-state index >= 15 is 0 Å². The average Bonchev–Trinajstić information content (AvgIpc) is 3.60. The molecule has 1 fully saturated rings. The molecule has 1 saturated heterocycles. The Morgan fingerprint density at radius 1 is 1.13 bits per heavy atom. The van der Waals surface area contributed by atoms with Crippen LogP contribution in [0.15, 0.2) is 85.9 Å². The lowest BCUT2D eigenvalue weighted by atomic mass is 10.0. The van der Waals surface area contributed by atoms with Gasteiger partial charge in [-0.1, -0.05) is 15.9 Å². The Bertz CT molecular complexity index is 1890. The average molecular weight is 608 g/mol. The normalized spacial score (nSPS) is 15.8. The smallest absolute Gasteiger partial charge is 0.298 e. The highest BCUT2D eigenvalue weighted by molar-refractivity contribution is 9.10. The second kappa shape index (κ2) is 9.70. The minimum absolute atomic E-state index is 0.0431. The predicted octanol–water partition coefficient (Wildman–Crippen LogP) is 3.84. The van der Waals surface area contributed by atoms with Crippen molar-refractivity contribution in [1.82, 2.24) is 19.7 Å². The Morgan fingerprint density at radius 3 is 2.67 bits per heavy atom. The van der Waals surface area contributed by atoms with Crippen molar-refractivity contribution in [2.75, 3.05) is 24.2 Å². The standard InChI is InChI=1S/C27H22BrN5O5S/c1-39(36,37)24-5-4-19(32-8-6-20(34)14-32)12-22(24)33-27(35)26-21(3-2-7-30-26)25(31-33)17-9-16(10-18(28)11-17)23-13-29-15-38-23/h2-5,7,9-13,15,20,34H,6,8,14H2,1H3. The van der Waals surface area contributed by atoms with Crippen LogP contribution in [-0.4, -0.2) is 58.7 Å². The molecule has 0 bridgehead atoms. The van der Waals surface area contributed by atoms with Gasteiger partial charge < -0.3 is 14.4 Å². The molecule has 10 nitrogen and oxygen atoms in total. The van der Waals surface area contributed by atoms with Crippen molar-refractivity contribution in [3.05, 3.63) is 82.1 Å². The molecule has 0 aliphatic carbocycles. The Balaban J connectivity index is 1.63. The molecule has 4 heterocycles. The number of pyridine rings is 1. The summed E-state index contributed by atoms with van der Waals surface area (Å²) in [7, 11) is -3.74. The Labute approximate surface area is 231 Å². The van der Waals surface area contributed by atoms with Crippen LogP contribution < -0.4 is 10.5 Å². The number of fused-ring (bicyclic) bond motifs is 1. The minimum Gasteiger partial charge on any atom is -0.444 e. The quantitative estimate of drug-likeness (QED) is 0.316. The van der Waals surface area contributed by atoms with E-state index < -0.39 is 21.5 Å². The Kier molecular flexibility index (Phi) is 6.32. The number of hydrogen-bond acceptors (Lipinski definition) is 9. The van der Waals surface area contributed by atoms with Gasteiger partial charge in [0, 0.05) is 52.2 Å². The van der Waals surface area contributed by atoms with E-state index in [0.29, 0.717) is 47.6 Å². The maximum absolute atomic E-state index is 13.8. The summed E-state index contributed by atoms with van der Waals surface area (Å²) in [6, 6.07) is 13.8. The lowest BCUT2D eigenvalue weighted by Gasteiger charge is -2.20. The number of benzene rings is 2. The maximum atomic E-state index is 13.8. The number of aliphatic hydroxyl groups excluding tert-OH is 1. The first-order valence-electron chi connectivity index (χ1n) is 12.0. The second-order valence-electron chi connectivity index (χ2n) is 9.37. The van der Waals surface area contributed by atoms with Crippen LogP contribution in [0.3, 0.4) is 0 Å². The molecule has 2 aromatic carbocycles. The van der Waals surface area contributed by atoms with E-state index in [4.69, 9.17) is 9.52 Å². The van der Waals surface area contributed by atoms with Crippen LogP contribution in [0, 0.1) is 0 Å². The molecule has 0 radical (unpaired) electrons. The van der Waals surface area contributed by atoms with Crippen LogP contribution in [0.4, 0.5) is 5.69 Å². The predicted molar refractivity (Wildman–Crippen MR) is 150 cm³/mol. The molecule has 1 unspecified atom stereocenters. The van der Waals surface area contributed by atoms with E-state index in [2.05, 4.69) is 25.9 Å². The molecule has 198 valence electrons. The first-order valence-corrected chi connectivity index (χ1v) is 14.7. The Morgan fingerprint density at radius 2 is 1.95 bits per heavy atom. The second-order valence-corrected chi connectivity index (χ2v) is 12.3. The van der Waals surface area contributed by atoms with Gasteiger partial charge in [0.1, 0.15) is 11.2 Å². The van der Waals surface area contributed by atoms with E-state index in [0.717, 1.165) is 21.0 Å². The fourth-order valence-corrected chi connectivity index (χ4v) is 6.16. The lowest BCUT2D eigenvalue weighted by molar-refractivity contribution is 0.198. The van der Waals surface area contributed by atoms with Gasteiger partial charge in [0.05, 0.1) is 22.9 Å². The number of hydrogen-bond donors (Lipinski definition) is 1. The fraction of sp³-hybridized carbons (Fsp3) is 0.185. The van der Waals surface area contributed by atoms with Crippen molar-refractivity contribution in [2.24, 2.45) is 0 Å². The van der Waals surface area contributed by atoms with E-state index in [-0.39, 0.29) is 16.1 Å². The third kappa shape index (κ3) is 4.75. The first-order chi connectivity index (χ1) is 18.7. The number of aliphatic hydroxyl groups is 1. The summed E-state index contributed by atoms with van der Waals surface area (Å²) in [6.07, 6.45) is 5.66. The Hall–Kier alpha value is -3.87. The summed E-state index contributed by atoms with van der Waals surface area (Å²) in [6.45, 7) is 1.01. The van der Waals surface area contributed by atoms with Crippen LogP contribution in [-0.2, 0) is 9.84 Å². The number of halogens is 1. The zero-order chi connectivity index (χ0) is 27.3. The molecule has 0 saturated carbocycles. The highest BCUT2D eigenvalue weighted by Gasteiger charge is 2.25. The summed E-state index contributed by atoms with van der Waals surface area (Å²) in [5.74, 6) is 0.549. The summed E-state index contributed by atoms with van der Waals surface area (Å²) < 4.78 is 33.0. The summed E-state index contributed by atoms with van der Waals surface area (Å²) >= 11 is 3.55. The topological polar surface area (TPSA) is 131 Å². The number of anilines is 1. The molecule has 0 amide bonds. The van der Waals surface area contributed by atoms with Crippen molar-refractivity contribution in [2.45, 2.75) is 17.4 Å². The van der Waals surface area contributed by atoms with Gasteiger partial charge >= 0.3 is 0 Å². The molecule has 1 N–H and O–H groups in total. The zero-order valence-electron chi connectivity index (χ0n) is 20.7. The van der Waals surface area contributed by atoms with Gasteiger partial charge in [-0.15, -0.1) is 0 Å². The van der Waals surface area contributed by atoms with Gasteiger partial charge in [-0.25, -0.2) is 13.4 Å². The molecular weight excluding hydrogens is 586 g/mol. The number of rotatable bonds is 5. The van der Waals surface area contributed by atoms with Crippen molar-refractivity contribution >= 4 is 42.4 Å². The van der Waals surface area contributed by atoms with Crippen molar-refractivity contribution in [3.63, 3.8) is 0 Å². The fourth-order valence-electron chi connectivity index (χ4n) is 4.83. The van der Waals surface area contributed by atoms with Gasteiger partial charge in [0.25, 0.3) is 5.56 Å². The van der Waals surface area contributed by atoms with E-state index in [1.165, 1.54) is 18.7 Å². The molecule has 1 aliphatic heterocycles. The van der Waals surface area contributed by atoms with Crippen LogP contribution in [0.1, 0.15) is 6.42 Å². The number of oxazole rings is 1. The van der Waals surface area contributed by atoms with Crippen molar-refractivity contribution in [3.8, 4) is 28.3 Å². The number of sulfone groups is 1. The number of aromatic nitrogens is 4. The summed E-state index contributed by atoms with van der Waals surface area (Å²) in [5.41, 5.74) is 2.21. The van der Waals surface area contributed by atoms with Gasteiger partial charge in [0.2, 0.25) is 0 Å². The maximum Gasteiger partial charge on any atom is 0.298 e. The zero-order valence-corrected chi connectivity index (χ0v) is 23.1. The van der Waals surface area contributed by atoms with Gasteiger partial charge in [-0.05, 0) is 55.0 Å². The first kappa shape index (κ1) is 25.4. The van der Waals surface area contributed by atoms with Gasteiger partial charge in [0.15, 0.2) is 22.0 Å². The molecule has 1 atom stereocenters.